The van der Waals surface area contributed by atoms with Crippen molar-refractivity contribution in [2.75, 3.05) is 33.5 Å². The van der Waals surface area contributed by atoms with Gasteiger partial charge in [-0.3, -0.25) is 4.57 Å². The lowest BCUT2D eigenvalue weighted by molar-refractivity contribution is 0.115. The van der Waals surface area contributed by atoms with Crippen LogP contribution in [0.4, 0.5) is 0 Å². The minimum absolute atomic E-state index is 0.149. The molecule has 0 aliphatic carbocycles. The molecule has 0 bridgehead atoms. The van der Waals surface area contributed by atoms with E-state index < -0.39 is 19.4 Å². The largest absolute Gasteiger partial charge is 0.494 e. The highest BCUT2D eigenvalue weighted by molar-refractivity contribution is 7.55. The van der Waals surface area contributed by atoms with Crippen molar-refractivity contribution in [1.29, 1.82) is 0 Å². The number of aliphatic hydroxyl groups is 1. The first-order valence-electron chi connectivity index (χ1n) is 5.97. The second-order valence-corrected chi connectivity index (χ2v) is 6.01. The number of hydrogen-bond acceptors (Lipinski definition) is 6. The fourth-order valence-electron chi connectivity index (χ4n) is 1.74. The molecule has 0 saturated heterocycles. The molecule has 2 atom stereocenters. The number of hydrogen-bond donors (Lipinski definition) is 1. The molecule has 1 N–H and O–H groups in total. The lowest BCUT2D eigenvalue weighted by Gasteiger charge is -2.26. The van der Waals surface area contributed by atoms with E-state index in [1.807, 2.05) is 0 Å². The van der Waals surface area contributed by atoms with E-state index in [4.69, 9.17) is 18.5 Å². The molecule has 1 unspecified atom stereocenters. The summed E-state index contributed by atoms with van der Waals surface area (Å²) in [5.74, 6) is 0.412. The Morgan fingerprint density at radius 3 is 2.50 bits per heavy atom. The third-order valence-electron chi connectivity index (χ3n) is 2.43. The van der Waals surface area contributed by atoms with Crippen LogP contribution in [0.5, 0.6) is 0 Å². The fraction of sp³-hybridized carbons (Fsp3) is 0.818. The third-order valence-corrected chi connectivity index (χ3v) is 4.83. The minimum Gasteiger partial charge on any atom is -0.494 e. The Kier molecular flexibility index (Phi) is 6.32. The van der Waals surface area contributed by atoms with Crippen LogP contribution in [0.25, 0.3) is 0 Å². The van der Waals surface area contributed by atoms with Gasteiger partial charge in [0.1, 0.15) is 24.1 Å². The second-order valence-electron chi connectivity index (χ2n) is 3.79. The summed E-state index contributed by atoms with van der Waals surface area (Å²) in [5, 5.41) is 9.43. The van der Waals surface area contributed by atoms with Gasteiger partial charge in [0.05, 0.1) is 19.8 Å². The van der Waals surface area contributed by atoms with Crippen LogP contribution in [-0.2, 0) is 23.1 Å². The second kappa shape index (κ2) is 7.26. The molecule has 0 aromatic rings. The average molecular weight is 280 g/mol. The molecule has 0 radical (unpaired) electrons. The van der Waals surface area contributed by atoms with E-state index in [1.54, 1.807) is 13.8 Å². The van der Waals surface area contributed by atoms with Gasteiger partial charge in [-0.05, 0) is 19.9 Å². The van der Waals surface area contributed by atoms with Gasteiger partial charge in [-0.1, -0.05) is 0 Å². The quantitative estimate of drug-likeness (QED) is 0.680. The molecule has 6 nitrogen and oxygen atoms in total. The molecule has 1 aliphatic heterocycles. The van der Waals surface area contributed by atoms with Gasteiger partial charge in [-0.15, -0.1) is 0 Å². The van der Waals surface area contributed by atoms with E-state index in [0.29, 0.717) is 5.76 Å². The first-order chi connectivity index (χ1) is 8.57. The summed E-state index contributed by atoms with van der Waals surface area (Å²) < 4.78 is 33.6. The number of aliphatic hydroxyl groups excluding tert-OH is 1. The van der Waals surface area contributed by atoms with Crippen molar-refractivity contribution in [3.05, 3.63) is 11.8 Å². The maximum absolute atomic E-state index is 12.7. The Balaban J connectivity index is 2.93. The summed E-state index contributed by atoms with van der Waals surface area (Å²) in [6, 6.07) is 0. The van der Waals surface area contributed by atoms with Crippen LogP contribution in [0, 0.1) is 0 Å². The van der Waals surface area contributed by atoms with Crippen molar-refractivity contribution < 1.29 is 28.2 Å². The van der Waals surface area contributed by atoms with Crippen molar-refractivity contribution in [2.24, 2.45) is 0 Å². The zero-order chi connectivity index (χ0) is 13.6. The van der Waals surface area contributed by atoms with E-state index >= 15 is 0 Å². The lowest BCUT2D eigenvalue weighted by atomic mass is 10.3. The summed E-state index contributed by atoms with van der Waals surface area (Å²) in [5.41, 5.74) is -0.639. The molecule has 0 aromatic carbocycles. The lowest BCUT2D eigenvalue weighted by Crippen LogP contribution is -2.21. The van der Waals surface area contributed by atoms with Crippen molar-refractivity contribution in [2.45, 2.75) is 25.6 Å². The highest BCUT2D eigenvalue weighted by Crippen LogP contribution is 2.56. The highest BCUT2D eigenvalue weighted by Gasteiger charge is 2.41. The van der Waals surface area contributed by atoms with E-state index in [9.17, 15) is 9.67 Å². The van der Waals surface area contributed by atoms with Crippen LogP contribution in [0.2, 0.25) is 0 Å². The van der Waals surface area contributed by atoms with Crippen LogP contribution in [-0.4, -0.2) is 50.4 Å². The van der Waals surface area contributed by atoms with Gasteiger partial charge in [0, 0.05) is 7.11 Å². The minimum atomic E-state index is -3.35. The molecule has 1 rings (SSSR count). The van der Waals surface area contributed by atoms with Crippen molar-refractivity contribution >= 4 is 7.60 Å². The maximum Gasteiger partial charge on any atom is 0.343 e. The monoisotopic (exact) mass is 280 g/mol. The summed E-state index contributed by atoms with van der Waals surface area (Å²) in [7, 11) is -1.85. The molecule has 0 saturated carbocycles. The maximum atomic E-state index is 12.7. The Hall–Kier alpha value is -0.390. The summed E-state index contributed by atoms with van der Waals surface area (Å²) in [4.78, 5) is 0. The predicted molar refractivity (Wildman–Crippen MR) is 66.6 cm³/mol. The summed E-state index contributed by atoms with van der Waals surface area (Å²) in [6.45, 7) is 4.34. The Morgan fingerprint density at radius 2 is 2.11 bits per heavy atom. The van der Waals surface area contributed by atoms with E-state index in [2.05, 4.69) is 0 Å². The van der Waals surface area contributed by atoms with E-state index in [0.717, 1.165) is 0 Å². The first-order valence-corrected chi connectivity index (χ1v) is 7.58. The Labute approximate surface area is 107 Å². The van der Waals surface area contributed by atoms with Gasteiger partial charge in [0.15, 0.2) is 0 Å². The van der Waals surface area contributed by atoms with Gasteiger partial charge in [-0.2, -0.15) is 0 Å². The molecule has 1 aliphatic rings. The molecule has 0 amide bonds. The van der Waals surface area contributed by atoms with Crippen LogP contribution >= 0.6 is 7.60 Å². The highest BCUT2D eigenvalue weighted by atomic mass is 31.2. The fourth-order valence-corrected chi connectivity index (χ4v) is 3.70. The van der Waals surface area contributed by atoms with Crippen molar-refractivity contribution in [3.8, 4) is 0 Å². The van der Waals surface area contributed by atoms with Gasteiger partial charge < -0.3 is 23.6 Å². The Bertz CT molecular complexity index is 319. The zero-order valence-electron chi connectivity index (χ0n) is 11.0. The average Bonchev–Trinajstić information content (AvgIpc) is 2.73. The van der Waals surface area contributed by atoms with Crippen LogP contribution < -0.4 is 0 Å². The van der Waals surface area contributed by atoms with Gasteiger partial charge in [0.25, 0.3) is 0 Å². The van der Waals surface area contributed by atoms with E-state index in [1.165, 1.54) is 13.2 Å². The van der Waals surface area contributed by atoms with Gasteiger partial charge >= 0.3 is 7.60 Å². The van der Waals surface area contributed by atoms with Crippen LogP contribution in [0.1, 0.15) is 13.8 Å². The van der Waals surface area contributed by atoms with Crippen LogP contribution in [0.15, 0.2) is 11.8 Å². The van der Waals surface area contributed by atoms with Crippen LogP contribution in [0.3, 0.4) is 0 Å². The molecule has 0 spiro atoms. The number of rotatable bonds is 8. The molecular formula is C11H21O6P. The first kappa shape index (κ1) is 15.7. The topological polar surface area (TPSA) is 74.2 Å². The third kappa shape index (κ3) is 3.80. The molecule has 106 valence electrons. The smallest absolute Gasteiger partial charge is 0.343 e. The van der Waals surface area contributed by atoms with Crippen molar-refractivity contribution in [3.63, 3.8) is 0 Å². The zero-order valence-corrected chi connectivity index (χ0v) is 11.9. The molecule has 7 heteroatoms. The SMILES string of the molecule is CCOP(=O)(OCC)C(COC)C1=C[C@H](O)CO1. The summed E-state index contributed by atoms with van der Waals surface area (Å²) in [6.07, 6.45) is 0.838. The normalized spacial score (nSPS) is 21.6. The van der Waals surface area contributed by atoms with Gasteiger partial charge in [0.2, 0.25) is 0 Å². The number of methoxy groups -OCH3 is 1. The Morgan fingerprint density at radius 1 is 1.50 bits per heavy atom. The van der Waals surface area contributed by atoms with Crippen molar-refractivity contribution in [1.82, 2.24) is 0 Å². The molecular weight excluding hydrogens is 259 g/mol. The molecule has 0 aromatic heterocycles. The summed E-state index contributed by atoms with van der Waals surface area (Å²) >= 11 is 0. The predicted octanol–water partition coefficient (Wildman–Crippen LogP) is 1.54. The standard InChI is InChI=1S/C11H21O6P/c1-4-16-18(13,17-5-2)11(8-14-3)10-6-9(12)7-15-10/h6,9,11-12H,4-5,7-8H2,1-3H3/t9-,11?/m0/s1. The van der Waals surface area contributed by atoms with E-state index in [-0.39, 0.29) is 26.4 Å². The number of ether oxygens (including phenoxy) is 2. The molecule has 0 fully saturated rings. The molecule has 18 heavy (non-hydrogen) atoms. The van der Waals surface area contributed by atoms with Gasteiger partial charge in [-0.25, -0.2) is 0 Å². The molecule has 1 heterocycles.